The predicted molar refractivity (Wildman–Crippen MR) is 86.0 cm³/mol. The normalized spacial score (nSPS) is 20.0. The third-order valence-electron chi connectivity index (χ3n) is 4.06. The van der Waals surface area contributed by atoms with Crippen LogP contribution in [-0.4, -0.2) is 35.6 Å². The molecule has 5 heteroatoms. The van der Waals surface area contributed by atoms with E-state index in [1.807, 2.05) is 38.1 Å². The molecule has 0 radical (unpaired) electrons. The largest absolute Gasteiger partial charge is 0.480 e. The number of hydrogen-bond acceptors (Lipinski definition) is 3. The van der Waals surface area contributed by atoms with E-state index in [2.05, 4.69) is 5.32 Å². The second kappa shape index (κ2) is 7.40. The Kier molecular flexibility index (Phi) is 5.55. The highest BCUT2D eigenvalue weighted by Crippen LogP contribution is 2.22. The molecule has 120 valence electrons. The van der Waals surface area contributed by atoms with E-state index in [-0.39, 0.29) is 5.91 Å². The van der Waals surface area contributed by atoms with Crippen molar-refractivity contribution in [2.24, 2.45) is 0 Å². The summed E-state index contributed by atoms with van der Waals surface area (Å²) in [5.41, 5.74) is 2.03. The molecule has 0 saturated carbocycles. The minimum atomic E-state index is -0.887. The van der Waals surface area contributed by atoms with Crippen molar-refractivity contribution >= 4 is 17.6 Å². The lowest BCUT2D eigenvalue weighted by Gasteiger charge is -2.34. The number of piperidine rings is 1. The first-order chi connectivity index (χ1) is 10.5. The van der Waals surface area contributed by atoms with Gasteiger partial charge in [0.25, 0.3) is 0 Å². The van der Waals surface area contributed by atoms with Crippen molar-refractivity contribution in [3.8, 4) is 0 Å². The van der Waals surface area contributed by atoms with Gasteiger partial charge in [-0.15, -0.1) is 0 Å². The van der Waals surface area contributed by atoms with Gasteiger partial charge in [-0.25, -0.2) is 0 Å². The average molecular weight is 304 g/mol. The van der Waals surface area contributed by atoms with Crippen molar-refractivity contribution in [3.63, 3.8) is 0 Å². The Balaban J connectivity index is 2.09. The Morgan fingerprint density at radius 3 is 2.68 bits per heavy atom. The first-order valence-corrected chi connectivity index (χ1v) is 7.89. The van der Waals surface area contributed by atoms with Crippen LogP contribution in [0.4, 0.5) is 5.69 Å². The molecule has 2 N–H and O–H groups in total. The van der Waals surface area contributed by atoms with Gasteiger partial charge in [0, 0.05) is 12.2 Å². The van der Waals surface area contributed by atoms with Gasteiger partial charge in [-0.3, -0.25) is 14.9 Å². The molecule has 0 aliphatic carbocycles. The fourth-order valence-corrected chi connectivity index (χ4v) is 2.82. The van der Waals surface area contributed by atoms with Crippen molar-refractivity contribution in [1.29, 1.82) is 0 Å². The molecule has 1 heterocycles. The molecule has 1 aromatic rings. The van der Waals surface area contributed by atoms with Gasteiger partial charge in [-0.2, -0.15) is 0 Å². The highest BCUT2D eigenvalue weighted by Gasteiger charge is 2.32. The van der Waals surface area contributed by atoms with Crippen LogP contribution in [0.3, 0.4) is 0 Å². The minimum Gasteiger partial charge on any atom is -0.480 e. The number of carbonyl (C=O) groups excluding carboxylic acids is 1. The number of anilines is 1. The van der Waals surface area contributed by atoms with Crippen LogP contribution < -0.4 is 10.2 Å². The van der Waals surface area contributed by atoms with Gasteiger partial charge in [0.2, 0.25) is 5.91 Å². The molecule has 0 bridgehead atoms. The van der Waals surface area contributed by atoms with Crippen molar-refractivity contribution in [3.05, 3.63) is 29.8 Å². The number of carboxylic acids is 1. The lowest BCUT2D eigenvalue weighted by Crippen LogP contribution is -2.55. The number of aryl methyl sites for hydroxylation is 1. The van der Waals surface area contributed by atoms with E-state index in [1.165, 1.54) is 0 Å². The molecular formula is C17H24N2O3. The molecule has 1 saturated heterocycles. The van der Waals surface area contributed by atoms with Crippen LogP contribution in [-0.2, 0) is 9.59 Å². The number of aliphatic carboxylic acids is 1. The van der Waals surface area contributed by atoms with Gasteiger partial charge >= 0.3 is 5.97 Å². The molecule has 1 fully saturated rings. The highest BCUT2D eigenvalue weighted by atomic mass is 16.4. The van der Waals surface area contributed by atoms with E-state index >= 15 is 0 Å². The molecule has 5 nitrogen and oxygen atoms in total. The van der Waals surface area contributed by atoms with E-state index in [1.54, 1.807) is 4.90 Å². The van der Waals surface area contributed by atoms with Crippen LogP contribution >= 0.6 is 0 Å². The van der Waals surface area contributed by atoms with Crippen molar-refractivity contribution in [2.45, 2.75) is 51.6 Å². The molecule has 0 unspecified atom stereocenters. The maximum Gasteiger partial charge on any atom is 0.320 e. The molecular weight excluding hydrogens is 280 g/mol. The number of nitrogens with one attached hydrogen (secondary N) is 1. The SMILES string of the molecule is CCC[C@H](N[C@H]1CCCN(c2ccc(C)cc2)C1=O)C(=O)O. The second-order valence-corrected chi connectivity index (χ2v) is 5.87. The number of benzene rings is 1. The Hall–Kier alpha value is -1.88. The first kappa shape index (κ1) is 16.5. The summed E-state index contributed by atoms with van der Waals surface area (Å²) in [5.74, 6) is -0.917. The van der Waals surface area contributed by atoms with Gasteiger partial charge in [-0.05, 0) is 38.3 Å². The number of nitrogens with zero attached hydrogens (tertiary/aromatic N) is 1. The summed E-state index contributed by atoms with van der Waals surface area (Å²) in [6.45, 7) is 4.64. The molecule has 2 atom stereocenters. The first-order valence-electron chi connectivity index (χ1n) is 7.89. The third-order valence-corrected chi connectivity index (χ3v) is 4.06. The summed E-state index contributed by atoms with van der Waals surface area (Å²) in [6, 6.07) is 6.78. The quantitative estimate of drug-likeness (QED) is 0.846. The number of carbonyl (C=O) groups is 2. The Bertz CT molecular complexity index is 527. The van der Waals surface area contributed by atoms with Gasteiger partial charge in [0.1, 0.15) is 6.04 Å². The summed E-state index contributed by atoms with van der Waals surface area (Å²) in [5, 5.41) is 12.3. The summed E-state index contributed by atoms with van der Waals surface area (Å²) in [7, 11) is 0. The van der Waals surface area contributed by atoms with Crippen LogP contribution in [0, 0.1) is 6.92 Å². The number of rotatable bonds is 6. The smallest absolute Gasteiger partial charge is 0.320 e. The van der Waals surface area contributed by atoms with E-state index in [0.29, 0.717) is 19.4 Å². The Labute approximate surface area is 131 Å². The zero-order valence-corrected chi connectivity index (χ0v) is 13.2. The Morgan fingerprint density at radius 1 is 1.41 bits per heavy atom. The Morgan fingerprint density at radius 2 is 2.09 bits per heavy atom. The summed E-state index contributed by atoms with van der Waals surface area (Å²) in [6.07, 6.45) is 2.86. The standard InChI is InChI=1S/C17H24N2O3/c1-3-5-15(17(21)22)18-14-6-4-11-19(16(14)20)13-9-7-12(2)8-10-13/h7-10,14-15,18H,3-6,11H2,1-2H3,(H,21,22)/t14-,15-/m0/s1. The van der Waals surface area contributed by atoms with Crippen molar-refractivity contribution in [2.75, 3.05) is 11.4 Å². The lowest BCUT2D eigenvalue weighted by molar-refractivity contribution is -0.140. The van der Waals surface area contributed by atoms with Gasteiger partial charge in [0.15, 0.2) is 0 Å². The van der Waals surface area contributed by atoms with Gasteiger partial charge < -0.3 is 10.0 Å². The van der Waals surface area contributed by atoms with Crippen LogP contribution in [0.1, 0.15) is 38.2 Å². The third kappa shape index (κ3) is 3.85. The molecule has 1 amide bonds. The zero-order valence-electron chi connectivity index (χ0n) is 13.2. The maximum absolute atomic E-state index is 12.6. The molecule has 0 aromatic heterocycles. The molecule has 1 aliphatic heterocycles. The molecule has 1 aliphatic rings. The zero-order chi connectivity index (χ0) is 16.1. The average Bonchev–Trinajstić information content (AvgIpc) is 2.49. The minimum absolute atomic E-state index is 0.0301. The fraction of sp³-hybridized carbons (Fsp3) is 0.529. The topological polar surface area (TPSA) is 69.6 Å². The van der Waals surface area contributed by atoms with E-state index < -0.39 is 18.1 Å². The van der Waals surface area contributed by atoms with E-state index in [9.17, 15) is 14.7 Å². The number of carboxylic acid groups (broad SMARTS) is 1. The predicted octanol–water partition coefficient (Wildman–Crippen LogP) is 2.33. The summed E-state index contributed by atoms with van der Waals surface area (Å²) in [4.78, 5) is 25.7. The number of amides is 1. The molecule has 22 heavy (non-hydrogen) atoms. The van der Waals surface area contributed by atoms with Crippen molar-refractivity contribution < 1.29 is 14.7 Å². The monoisotopic (exact) mass is 304 g/mol. The summed E-state index contributed by atoms with van der Waals surface area (Å²) < 4.78 is 0. The molecule has 2 rings (SSSR count). The second-order valence-electron chi connectivity index (χ2n) is 5.87. The van der Waals surface area contributed by atoms with E-state index in [4.69, 9.17) is 0 Å². The maximum atomic E-state index is 12.6. The molecule has 1 aromatic carbocycles. The number of hydrogen-bond donors (Lipinski definition) is 2. The molecule has 0 spiro atoms. The van der Waals surface area contributed by atoms with Crippen LogP contribution in [0.2, 0.25) is 0 Å². The fourth-order valence-electron chi connectivity index (χ4n) is 2.82. The van der Waals surface area contributed by atoms with Crippen LogP contribution in [0.25, 0.3) is 0 Å². The summed E-state index contributed by atoms with van der Waals surface area (Å²) >= 11 is 0. The van der Waals surface area contributed by atoms with Crippen LogP contribution in [0.15, 0.2) is 24.3 Å². The van der Waals surface area contributed by atoms with Crippen LogP contribution in [0.5, 0.6) is 0 Å². The van der Waals surface area contributed by atoms with Gasteiger partial charge in [-0.1, -0.05) is 31.0 Å². The highest BCUT2D eigenvalue weighted by molar-refractivity contribution is 5.98. The van der Waals surface area contributed by atoms with Gasteiger partial charge in [0.05, 0.1) is 6.04 Å². The van der Waals surface area contributed by atoms with E-state index in [0.717, 1.165) is 24.1 Å². The van der Waals surface area contributed by atoms with Crippen molar-refractivity contribution in [1.82, 2.24) is 5.32 Å². The lowest BCUT2D eigenvalue weighted by atomic mass is 10.0.